The molecule has 0 spiro atoms. The summed E-state index contributed by atoms with van der Waals surface area (Å²) in [6.45, 7) is 4.67. The molecule has 2 bridgehead atoms. The molecule has 174 valence electrons. The Balaban J connectivity index is 1.30. The number of hydrogen-bond donors (Lipinski definition) is 1. The van der Waals surface area contributed by atoms with Crippen molar-refractivity contribution in [2.45, 2.75) is 38.8 Å². The molecule has 4 aromatic rings. The van der Waals surface area contributed by atoms with E-state index in [0.717, 1.165) is 28.4 Å². The third-order valence-electron chi connectivity index (χ3n) is 7.15. The third kappa shape index (κ3) is 3.53. The van der Waals surface area contributed by atoms with E-state index < -0.39 is 0 Å². The Hall–Kier alpha value is -3.40. The van der Waals surface area contributed by atoms with E-state index in [9.17, 15) is 9.18 Å². The normalized spacial score (nSPS) is 23.7. The molecule has 8 nitrogen and oxygen atoms in total. The second-order valence-electron chi connectivity index (χ2n) is 9.18. The minimum Gasteiger partial charge on any atom is -0.359 e. The number of halogens is 1. The van der Waals surface area contributed by atoms with E-state index in [-0.39, 0.29) is 23.8 Å². The molecule has 3 aromatic heterocycles. The Morgan fingerprint density at radius 3 is 2.76 bits per heavy atom. The lowest BCUT2D eigenvalue weighted by Gasteiger charge is -2.57. The van der Waals surface area contributed by atoms with E-state index in [0.29, 0.717) is 35.3 Å². The lowest BCUT2D eigenvalue weighted by molar-refractivity contribution is -0.0505. The number of amides is 1. The Morgan fingerprint density at radius 2 is 1.97 bits per heavy atom. The molecule has 0 radical (unpaired) electrons. The number of piperidine rings is 2. The molecule has 2 aliphatic heterocycles. The van der Waals surface area contributed by atoms with Gasteiger partial charge in [-0.25, -0.2) is 14.4 Å². The molecule has 5 heterocycles. The number of hydrogen-bond acceptors (Lipinski definition) is 7. The van der Waals surface area contributed by atoms with Crippen LogP contribution in [0, 0.1) is 24.6 Å². The van der Waals surface area contributed by atoms with Crippen molar-refractivity contribution in [3.8, 4) is 5.69 Å². The summed E-state index contributed by atoms with van der Waals surface area (Å²) in [5, 5.41) is 12.6. The summed E-state index contributed by atoms with van der Waals surface area (Å²) in [6, 6.07) is 8.54. The van der Waals surface area contributed by atoms with Gasteiger partial charge in [0, 0.05) is 24.3 Å². The zero-order valence-corrected chi connectivity index (χ0v) is 19.7. The van der Waals surface area contributed by atoms with Crippen LogP contribution >= 0.6 is 11.3 Å². The van der Waals surface area contributed by atoms with Crippen LogP contribution in [0.25, 0.3) is 15.9 Å². The van der Waals surface area contributed by atoms with Gasteiger partial charge in [-0.1, -0.05) is 18.3 Å². The summed E-state index contributed by atoms with van der Waals surface area (Å²) >= 11 is 1.49. The van der Waals surface area contributed by atoms with E-state index >= 15 is 0 Å². The van der Waals surface area contributed by atoms with Crippen LogP contribution in [-0.2, 0) is 0 Å². The van der Waals surface area contributed by atoms with Gasteiger partial charge in [0.05, 0.1) is 28.7 Å². The Bertz CT molecular complexity index is 1370. The summed E-state index contributed by atoms with van der Waals surface area (Å²) in [5.74, 6) is 0.562. The largest absolute Gasteiger partial charge is 0.359 e. The number of benzene rings is 1. The predicted octanol–water partition coefficient (Wildman–Crippen LogP) is 4.07. The van der Waals surface area contributed by atoms with Crippen LogP contribution < -0.4 is 5.32 Å². The molecule has 1 N–H and O–H groups in total. The quantitative estimate of drug-likeness (QED) is 0.466. The molecule has 1 aromatic carbocycles. The number of fused-ring (bicyclic) bond motifs is 3. The highest BCUT2D eigenvalue weighted by atomic mass is 32.1. The van der Waals surface area contributed by atoms with Crippen LogP contribution in [0.3, 0.4) is 0 Å². The van der Waals surface area contributed by atoms with Crippen molar-refractivity contribution < 1.29 is 9.18 Å². The van der Waals surface area contributed by atoms with Crippen molar-refractivity contribution in [2.24, 2.45) is 11.8 Å². The average Bonchev–Trinajstić information content (AvgIpc) is 3.46. The number of carbonyl (C=O) groups excluding carboxylic acids is 1. The summed E-state index contributed by atoms with van der Waals surface area (Å²) in [6.07, 6.45) is 5.21. The van der Waals surface area contributed by atoms with E-state index in [4.69, 9.17) is 0 Å². The van der Waals surface area contributed by atoms with E-state index in [2.05, 4.69) is 32.4 Å². The standard InChI is InChI=1S/C24H24FN7OS/c1-13-3-5-19(32-27-7-8-28-32)22(29-13)23(33)31-17-9-15(10-17)14(2)20(31)12-26-24-30-18-11-16(25)4-6-21(18)34-24/h3-8,11,14-15,17,20H,9-10,12H2,1-2H3,(H,26,30)/t14-,15?,17?,20?/m1/s1. The van der Waals surface area contributed by atoms with Gasteiger partial charge in [0.2, 0.25) is 0 Å². The first-order valence-corrected chi connectivity index (χ1v) is 12.3. The second-order valence-corrected chi connectivity index (χ2v) is 10.2. The highest BCUT2D eigenvalue weighted by Gasteiger charge is 2.51. The number of anilines is 1. The minimum atomic E-state index is -0.296. The zero-order valence-electron chi connectivity index (χ0n) is 18.8. The minimum absolute atomic E-state index is 0.00510. The zero-order chi connectivity index (χ0) is 23.4. The van der Waals surface area contributed by atoms with Gasteiger partial charge in [0.1, 0.15) is 11.5 Å². The molecule has 2 saturated heterocycles. The number of nitrogens with zero attached hydrogens (tertiary/aromatic N) is 6. The van der Waals surface area contributed by atoms with Gasteiger partial charge in [-0.3, -0.25) is 4.79 Å². The fraction of sp³-hybridized carbons (Fsp3) is 0.375. The first kappa shape index (κ1) is 21.2. The number of carbonyl (C=O) groups is 1. The SMILES string of the molecule is Cc1ccc(-n2nccn2)c(C(=O)N2C3CC(C3)[C@@H](C)C2CNc2nc3cc(F)ccc3s2)n1. The van der Waals surface area contributed by atoms with Crippen LogP contribution in [0.4, 0.5) is 9.52 Å². The number of aromatic nitrogens is 5. The summed E-state index contributed by atoms with van der Waals surface area (Å²) in [7, 11) is 0. The number of thiazole rings is 1. The predicted molar refractivity (Wildman–Crippen MR) is 128 cm³/mol. The number of rotatable bonds is 5. The average molecular weight is 478 g/mol. The second kappa shape index (κ2) is 8.12. The van der Waals surface area contributed by atoms with E-state index in [1.54, 1.807) is 18.5 Å². The van der Waals surface area contributed by atoms with Crippen LogP contribution in [-0.4, -0.2) is 54.4 Å². The maximum absolute atomic E-state index is 14.0. The van der Waals surface area contributed by atoms with E-state index in [1.807, 2.05) is 24.0 Å². The lowest BCUT2D eigenvalue weighted by atomic mass is 9.64. The molecule has 10 heteroatoms. The van der Waals surface area contributed by atoms with Crippen LogP contribution in [0.15, 0.2) is 42.7 Å². The Morgan fingerprint density at radius 1 is 1.18 bits per heavy atom. The molecule has 34 heavy (non-hydrogen) atoms. The van der Waals surface area contributed by atoms with Crippen LogP contribution in [0.2, 0.25) is 0 Å². The van der Waals surface area contributed by atoms with Gasteiger partial charge in [-0.15, -0.1) is 4.80 Å². The fourth-order valence-corrected chi connectivity index (χ4v) is 6.08. The smallest absolute Gasteiger partial charge is 0.275 e. The van der Waals surface area contributed by atoms with Crippen molar-refractivity contribution in [3.05, 3.63) is 59.9 Å². The molecule has 3 fully saturated rings. The van der Waals surface area contributed by atoms with Crippen molar-refractivity contribution in [2.75, 3.05) is 11.9 Å². The Labute approximate surface area is 199 Å². The molecule has 1 saturated carbocycles. The van der Waals surface area contributed by atoms with Crippen molar-refractivity contribution >= 4 is 32.6 Å². The highest BCUT2D eigenvalue weighted by molar-refractivity contribution is 7.22. The molecule has 1 amide bonds. The third-order valence-corrected chi connectivity index (χ3v) is 8.14. The van der Waals surface area contributed by atoms with Crippen LogP contribution in [0.5, 0.6) is 0 Å². The van der Waals surface area contributed by atoms with Crippen molar-refractivity contribution in [1.29, 1.82) is 0 Å². The first-order valence-electron chi connectivity index (χ1n) is 11.4. The van der Waals surface area contributed by atoms with Gasteiger partial charge < -0.3 is 10.2 Å². The number of nitrogens with one attached hydrogen (secondary N) is 1. The molecular formula is C24H24FN7OS. The van der Waals surface area contributed by atoms with Gasteiger partial charge in [-0.2, -0.15) is 10.2 Å². The fourth-order valence-electron chi connectivity index (χ4n) is 5.22. The van der Waals surface area contributed by atoms with E-state index in [1.165, 1.54) is 28.3 Å². The summed E-state index contributed by atoms with van der Waals surface area (Å²) in [5.41, 5.74) is 2.36. The highest BCUT2D eigenvalue weighted by Crippen LogP contribution is 2.47. The first-order chi connectivity index (χ1) is 16.5. The molecular weight excluding hydrogens is 453 g/mol. The molecule has 1 unspecified atom stereocenters. The van der Waals surface area contributed by atoms with Gasteiger partial charge >= 0.3 is 0 Å². The number of pyridine rings is 1. The molecule has 1 aliphatic carbocycles. The maximum atomic E-state index is 14.0. The van der Waals surface area contributed by atoms with Gasteiger partial charge in [0.15, 0.2) is 10.8 Å². The monoisotopic (exact) mass is 477 g/mol. The lowest BCUT2D eigenvalue weighted by Crippen LogP contribution is -2.64. The topological polar surface area (TPSA) is 88.8 Å². The summed E-state index contributed by atoms with van der Waals surface area (Å²) in [4.78, 5) is 26.6. The maximum Gasteiger partial charge on any atom is 0.275 e. The molecule has 2 atom stereocenters. The van der Waals surface area contributed by atoms with Crippen molar-refractivity contribution in [3.63, 3.8) is 0 Å². The summed E-state index contributed by atoms with van der Waals surface area (Å²) < 4.78 is 14.5. The number of aryl methyl sites for hydroxylation is 1. The molecule has 3 aliphatic rings. The Kier molecular flexibility index (Phi) is 5.05. The molecule has 7 rings (SSSR count). The van der Waals surface area contributed by atoms with Gasteiger partial charge in [0.25, 0.3) is 5.91 Å². The van der Waals surface area contributed by atoms with Crippen molar-refractivity contribution in [1.82, 2.24) is 29.9 Å². The van der Waals surface area contributed by atoms with Crippen LogP contribution in [0.1, 0.15) is 35.9 Å². The van der Waals surface area contributed by atoms with Gasteiger partial charge in [-0.05, 0) is 55.9 Å².